The lowest BCUT2D eigenvalue weighted by Crippen LogP contribution is -2.43. The Hall–Kier alpha value is -0.940. The number of thiazole rings is 1. The maximum Gasteiger partial charge on any atom is 0.236 e. The van der Waals surface area contributed by atoms with E-state index >= 15 is 0 Å². The second kappa shape index (κ2) is 6.60. The zero-order chi connectivity index (χ0) is 12.0. The summed E-state index contributed by atoms with van der Waals surface area (Å²) in [5, 5.41) is 9.09. The van der Waals surface area contributed by atoms with Crippen molar-refractivity contribution in [2.45, 2.75) is 39.3 Å². The molecule has 2 atom stereocenters. The van der Waals surface area contributed by atoms with Gasteiger partial charge in [0.25, 0.3) is 0 Å². The molecule has 0 bridgehead atoms. The first-order valence-electron chi connectivity index (χ1n) is 5.62. The lowest BCUT2D eigenvalue weighted by Gasteiger charge is -2.19. The molecule has 0 aromatic carbocycles. The quantitative estimate of drug-likeness (QED) is 0.797. The van der Waals surface area contributed by atoms with Crippen LogP contribution in [0.3, 0.4) is 0 Å². The molecule has 1 amide bonds. The fraction of sp³-hybridized carbons (Fsp3) is 0.636. The molecule has 0 aliphatic carbocycles. The van der Waals surface area contributed by atoms with Crippen molar-refractivity contribution in [2.75, 3.05) is 6.54 Å². The summed E-state index contributed by atoms with van der Waals surface area (Å²) in [6.07, 6.45) is 2.72. The fourth-order valence-corrected chi connectivity index (χ4v) is 2.26. The smallest absolute Gasteiger partial charge is 0.236 e. The molecular formula is C11H19N3OS. The van der Waals surface area contributed by atoms with E-state index in [1.807, 2.05) is 19.2 Å². The lowest BCUT2D eigenvalue weighted by atomic mass is 10.2. The predicted molar refractivity (Wildman–Crippen MR) is 66.4 cm³/mol. The van der Waals surface area contributed by atoms with Crippen LogP contribution in [0.4, 0.5) is 0 Å². The number of nitrogens with one attached hydrogen (secondary N) is 2. The molecule has 2 N–H and O–H groups in total. The number of hydrogen-bond donors (Lipinski definition) is 2. The van der Waals surface area contributed by atoms with Gasteiger partial charge in [-0.2, -0.15) is 0 Å². The second-order valence-electron chi connectivity index (χ2n) is 3.61. The van der Waals surface area contributed by atoms with Crippen LogP contribution in [0.25, 0.3) is 0 Å². The van der Waals surface area contributed by atoms with Crippen LogP contribution in [0.15, 0.2) is 11.6 Å². The molecule has 1 aromatic heterocycles. The van der Waals surface area contributed by atoms with Crippen LogP contribution in [-0.2, 0) is 4.79 Å². The van der Waals surface area contributed by atoms with E-state index in [9.17, 15) is 4.79 Å². The molecule has 0 aliphatic rings. The highest BCUT2D eigenvalue weighted by atomic mass is 32.1. The molecule has 0 aliphatic heterocycles. The molecule has 5 heteroatoms. The van der Waals surface area contributed by atoms with Gasteiger partial charge in [0.2, 0.25) is 5.91 Å². The van der Waals surface area contributed by atoms with Gasteiger partial charge in [0, 0.05) is 18.1 Å². The average molecular weight is 241 g/mol. The van der Waals surface area contributed by atoms with Crippen LogP contribution >= 0.6 is 11.3 Å². The van der Waals surface area contributed by atoms with E-state index < -0.39 is 0 Å². The van der Waals surface area contributed by atoms with E-state index in [0.29, 0.717) is 6.54 Å². The molecule has 0 spiro atoms. The van der Waals surface area contributed by atoms with Gasteiger partial charge < -0.3 is 5.32 Å². The summed E-state index contributed by atoms with van der Waals surface area (Å²) in [6, 6.07) is -0.0218. The average Bonchev–Trinajstić information content (AvgIpc) is 2.79. The molecule has 1 aromatic rings. The monoisotopic (exact) mass is 241 g/mol. The Morgan fingerprint density at radius 3 is 2.81 bits per heavy atom. The van der Waals surface area contributed by atoms with Crippen LogP contribution in [0.2, 0.25) is 0 Å². The third kappa shape index (κ3) is 3.57. The standard InChI is InChI=1S/C11H19N3OS/c1-4-9(11-13-6-7-16-11)14-8(3)10(15)12-5-2/h6-9,14H,4-5H2,1-3H3,(H,12,15). The zero-order valence-corrected chi connectivity index (χ0v) is 10.8. The van der Waals surface area contributed by atoms with Crippen molar-refractivity contribution in [3.63, 3.8) is 0 Å². The molecule has 0 saturated heterocycles. The number of carbonyl (C=O) groups excluding carboxylic acids is 1. The van der Waals surface area contributed by atoms with Gasteiger partial charge in [-0.15, -0.1) is 11.3 Å². The highest BCUT2D eigenvalue weighted by molar-refractivity contribution is 7.09. The van der Waals surface area contributed by atoms with Crippen LogP contribution in [0.1, 0.15) is 38.2 Å². The van der Waals surface area contributed by atoms with E-state index in [-0.39, 0.29) is 18.0 Å². The summed E-state index contributed by atoms with van der Waals surface area (Å²) < 4.78 is 0. The van der Waals surface area contributed by atoms with Crippen molar-refractivity contribution in [1.82, 2.24) is 15.6 Å². The summed E-state index contributed by atoms with van der Waals surface area (Å²) in [7, 11) is 0. The van der Waals surface area contributed by atoms with Gasteiger partial charge >= 0.3 is 0 Å². The minimum Gasteiger partial charge on any atom is -0.355 e. The van der Waals surface area contributed by atoms with E-state index in [4.69, 9.17) is 0 Å². The second-order valence-corrected chi connectivity index (χ2v) is 4.54. The van der Waals surface area contributed by atoms with Gasteiger partial charge in [-0.25, -0.2) is 4.98 Å². The predicted octanol–water partition coefficient (Wildman–Crippen LogP) is 1.71. The zero-order valence-electron chi connectivity index (χ0n) is 9.99. The molecule has 16 heavy (non-hydrogen) atoms. The molecule has 1 heterocycles. The van der Waals surface area contributed by atoms with Crippen LogP contribution in [0, 0.1) is 0 Å². The van der Waals surface area contributed by atoms with Crippen molar-refractivity contribution in [3.8, 4) is 0 Å². The van der Waals surface area contributed by atoms with E-state index in [1.165, 1.54) is 0 Å². The van der Waals surface area contributed by atoms with Gasteiger partial charge in [0.15, 0.2) is 0 Å². The van der Waals surface area contributed by atoms with Crippen molar-refractivity contribution in [2.24, 2.45) is 0 Å². The van der Waals surface area contributed by atoms with Crippen LogP contribution in [-0.4, -0.2) is 23.5 Å². The van der Waals surface area contributed by atoms with Crippen LogP contribution in [0.5, 0.6) is 0 Å². The van der Waals surface area contributed by atoms with E-state index in [1.54, 1.807) is 17.5 Å². The maximum atomic E-state index is 11.6. The number of aromatic nitrogens is 1. The molecule has 0 radical (unpaired) electrons. The number of rotatable bonds is 6. The highest BCUT2D eigenvalue weighted by Crippen LogP contribution is 2.19. The van der Waals surface area contributed by atoms with E-state index in [2.05, 4.69) is 22.5 Å². The summed E-state index contributed by atoms with van der Waals surface area (Å²) in [5.74, 6) is 0.0394. The molecule has 0 fully saturated rings. The highest BCUT2D eigenvalue weighted by Gasteiger charge is 2.18. The third-order valence-electron chi connectivity index (χ3n) is 2.35. The Labute approximate surface area is 100 Å². The Morgan fingerprint density at radius 1 is 1.56 bits per heavy atom. The molecule has 90 valence electrons. The lowest BCUT2D eigenvalue weighted by molar-refractivity contribution is -0.122. The minimum atomic E-state index is -0.186. The van der Waals surface area contributed by atoms with Gasteiger partial charge in [-0.1, -0.05) is 6.92 Å². The van der Waals surface area contributed by atoms with Gasteiger partial charge in [-0.3, -0.25) is 10.1 Å². The summed E-state index contributed by atoms with van der Waals surface area (Å²) >= 11 is 1.62. The topological polar surface area (TPSA) is 54.0 Å². The fourth-order valence-electron chi connectivity index (χ4n) is 1.48. The molecule has 0 saturated carbocycles. The number of hydrogen-bond acceptors (Lipinski definition) is 4. The summed E-state index contributed by atoms with van der Waals surface area (Å²) in [5.41, 5.74) is 0. The van der Waals surface area contributed by atoms with Crippen molar-refractivity contribution < 1.29 is 4.79 Å². The number of likely N-dealkylation sites (N-methyl/N-ethyl adjacent to an activating group) is 1. The SMILES string of the molecule is CCNC(=O)C(C)NC(CC)c1nccs1. The molecule has 4 nitrogen and oxygen atoms in total. The number of nitrogens with zero attached hydrogens (tertiary/aromatic N) is 1. The van der Waals surface area contributed by atoms with Gasteiger partial charge in [-0.05, 0) is 20.3 Å². The Bertz CT molecular complexity index is 313. The van der Waals surface area contributed by atoms with Crippen molar-refractivity contribution in [3.05, 3.63) is 16.6 Å². The maximum absolute atomic E-state index is 11.6. The van der Waals surface area contributed by atoms with Crippen molar-refractivity contribution in [1.29, 1.82) is 0 Å². The molecule has 1 rings (SSSR count). The number of carbonyl (C=O) groups is 1. The normalized spacial score (nSPS) is 14.4. The van der Waals surface area contributed by atoms with E-state index in [0.717, 1.165) is 11.4 Å². The van der Waals surface area contributed by atoms with Crippen molar-refractivity contribution >= 4 is 17.2 Å². The molecule has 2 unspecified atom stereocenters. The Morgan fingerprint density at radius 2 is 2.31 bits per heavy atom. The first-order valence-corrected chi connectivity index (χ1v) is 6.50. The minimum absolute atomic E-state index is 0.0394. The van der Waals surface area contributed by atoms with Gasteiger partial charge in [0.1, 0.15) is 5.01 Å². The Balaban J connectivity index is 2.54. The van der Waals surface area contributed by atoms with Gasteiger partial charge in [0.05, 0.1) is 12.1 Å². The first-order chi connectivity index (χ1) is 7.69. The van der Waals surface area contributed by atoms with Crippen LogP contribution < -0.4 is 10.6 Å². The molecular weight excluding hydrogens is 222 g/mol. The third-order valence-corrected chi connectivity index (χ3v) is 3.24. The first kappa shape index (κ1) is 13.1. The summed E-state index contributed by atoms with van der Waals surface area (Å²) in [6.45, 7) is 6.55. The Kier molecular flexibility index (Phi) is 5.42. The number of amides is 1. The largest absolute Gasteiger partial charge is 0.355 e. The summed E-state index contributed by atoms with van der Waals surface area (Å²) in [4.78, 5) is 15.8.